The lowest BCUT2D eigenvalue weighted by Crippen LogP contribution is -2.14. The first kappa shape index (κ1) is 84.1. The molecule has 0 spiro atoms. The number of carboxylic acids is 1. The Kier molecular flexibility index (Phi) is 75.9. The molecule has 9 N–H and O–H groups in total. The summed E-state index contributed by atoms with van der Waals surface area (Å²) in [5, 5.41) is 25.9. The van der Waals surface area contributed by atoms with Gasteiger partial charge in [0.05, 0.1) is 64.0 Å². The smallest absolute Gasteiger partial charge is 0.387 e. The predicted molar refractivity (Wildman–Crippen MR) is 351 cm³/mol. The van der Waals surface area contributed by atoms with Crippen LogP contribution >= 0.6 is 0 Å². The fraction of sp³-hybridized carbons (Fsp3) is 0.800. The van der Waals surface area contributed by atoms with Crippen LogP contribution in [0.2, 0.25) is 0 Å². The van der Waals surface area contributed by atoms with E-state index < -0.39 is 11.9 Å². The molecule has 13 nitrogen and oxygen atoms in total. The van der Waals surface area contributed by atoms with Crippen LogP contribution in [0, 0.1) is 0 Å². The van der Waals surface area contributed by atoms with Crippen molar-refractivity contribution >= 4 is 11.9 Å². The summed E-state index contributed by atoms with van der Waals surface area (Å²) in [6, 6.07) is 13.3. The van der Waals surface area contributed by atoms with Crippen molar-refractivity contribution in [1.29, 1.82) is 0 Å². The van der Waals surface area contributed by atoms with Gasteiger partial charge in [0.2, 0.25) is 0 Å². The van der Waals surface area contributed by atoms with Crippen molar-refractivity contribution in [3.8, 4) is 5.75 Å². The maximum atomic E-state index is 12.2. The monoisotopic (exact) mass is 1180 g/mol. The molecule has 0 heterocycles. The molecule has 0 radical (unpaired) electrons. The van der Waals surface area contributed by atoms with Crippen LogP contribution in [0.1, 0.15) is 311 Å². The number of aromatic carboxylic acids is 1. The number of carboxylic acid groups (broad SMARTS) is 1. The zero-order chi connectivity index (χ0) is 61.4. The Labute approximate surface area is 510 Å². The highest BCUT2D eigenvalue weighted by Crippen LogP contribution is 2.23. The quantitative estimate of drug-likeness (QED) is 0.0207. The number of aliphatic hydroxyl groups is 2. The summed E-state index contributed by atoms with van der Waals surface area (Å²) in [5.74, 6) is -1.54. The van der Waals surface area contributed by atoms with E-state index in [0.717, 1.165) is 44.5 Å². The van der Waals surface area contributed by atoms with E-state index in [1.807, 2.05) is 18.2 Å². The number of carbonyl (C=O) groups excluding carboxylic acids is 1. The van der Waals surface area contributed by atoms with Crippen LogP contribution < -0.4 is 22.1 Å². The molecule has 2 aromatic rings. The van der Waals surface area contributed by atoms with Gasteiger partial charge in [-0.25, -0.2) is 14.5 Å². The van der Waals surface area contributed by atoms with E-state index >= 15 is 0 Å². The molecule has 83 heavy (non-hydrogen) atoms. The van der Waals surface area contributed by atoms with E-state index in [2.05, 4.69) is 27.7 Å². The summed E-state index contributed by atoms with van der Waals surface area (Å²) in [7, 11) is 0. The van der Waals surface area contributed by atoms with Crippen molar-refractivity contribution in [3.05, 3.63) is 65.2 Å². The number of rotatable bonds is 55. The zero-order valence-corrected chi connectivity index (χ0v) is 54.3. The van der Waals surface area contributed by atoms with Gasteiger partial charge in [0.1, 0.15) is 0 Å². The third-order valence-corrected chi connectivity index (χ3v) is 14.2. The molecule has 0 bridgehead atoms. The number of ether oxygens (including phenoxy) is 3. The van der Waals surface area contributed by atoms with Crippen molar-refractivity contribution in [1.82, 2.24) is 0 Å². The number of hydrogen-bond donors (Lipinski definition) is 6. The summed E-state index contributed by atoms with van der Waals surface area (Å²) in [6.07, 6.45) is 55.6. The van der Waals surface area contributed by atoms with Crippen molar-refractivity contribution < 1.29 is 48.9 Å². The molecule has 0 fully saturated rings. The average molecular weight is 1180 g/mol. The number of nitrogens with two attached hydrogens (primary N) is 3. The molecule has 0 saturated carbocycles. The first-order valence-corrected chi connectivity index (χ1v) is 34.1. The minimum atomic E-state index is -1.19. The number of unbranched alkanes of at least 4 members (excludes halogenated alkanes) is 36. The van der Waals surface area contributed by atoms with Crippen molar-refractivity contribution in [2.45, 2.75) is 291 Å². The molecule has 2 aromatic carbocycles. The number of aryl methyl sites for hydroxylation is 1. The fourth-order valence-electron chi connectivity index (χ4n) is 9.14. The fourth-order valence-corrected chi connectivity index (χ4v) is 9.14. The summed E-state index contributed by atoms with van der Waals surface area (Å²) >= 11 is 0. The lowest BCUT2D eigenvalue weighted by molar-refractivity contribution is -0.150. The minimum absolute atomic E-state index is 0.0413. The topological polar surface area (TPSA) is 219 Å². The highest BCUT2D eigenvalue weighted by molar-refractivity contribution is 6.02. The Morgan fingerprint density at radius 1 is 0.361 bits per heavy atom. The van der Waals surface area contributed by atoms with Gasteiger partial charge in [0, 0.05) is 0 Å². The molecule has 0 aliphatic carbocycles. The first-order chi connectivity index (χ1) is 40.8. The summed E-state index contributed by atoms with van der Waals surface area (Å²) < 4.78 is 15.0. The maximum Gasteiger partial charge on any atom is 0.387 e. The Morgan fingerprint density at radius 2 is 0.639 bits per heavy atom. The van der Waals surface area contributed by atoms with Gasteiger partial charge in [-0.1, -0.05) is 289 Å². The molecule has 488 valence electrons. The summed E-state index contributed by atoms with van der Waals surface area (Å²) in [4.78, 5) is 33.6. The van der Waals surface area contributed by atoms with Gasteiger partial charge in [-0.05, 0) is 75.5 Å². The molecule has 13 heteroatoms. The highest BCUT2D eigenvalue weighted by atomic mass is 17.2. The molecule has 0 atom stereocenters. The second kappa shape index (κ2) is 75.0. The molecular formula is C70H133N3O10. The number of para-hydroxylation sites is 1. The second-order valence-electron chi connectivity index (χ2n) is 22.0. The van der Waals surface area contributed by atoms with Crippen LogP contribution in [0.15, 0.2) is 48.5 Å². The lowest BCUT2D eigenvalue weighted by atomic mass is 10.0. The Hall–Kier alpha value is -3.14. The van der Waals surface area contributed by atoms with Crippen LogP contribution in [-0.2, 0) is 25.5 Å². The molecule has 0 aromatic heterocycles. The largest absolute Gasteiger partial charge is 0.478 e. The van der Waals surface area contributed by atoms with Gasteiger partial charge >= 0.3 is 11.9 Å². The van der Waals surface area contributed by atoms with E-state index in [1.54, 1.807) is 18.2 Å². The van der Waals surface area contributed by atoms with Crippen LogP contribution in [0.25, 0.3) is 0 Å². The Balaban J connectivity index is -0.00000101. The molecular weight excluding hydrogens is 1040 g/mol. The normalized spacial score (nSPS) is 10.6. The molecule has 2 rings (SSSR count). The van der Waals surface area contributed by atoms with Crippen molar-refractivity contribution in [2.75, 3.05) is 72.5 Å². The van der Waals surface area contributed by atoms with E-state index in [4.69, 9.17) is 51.4 Å². The van der Waals surface area contributed by atoms with Crippen LogP contribution in [0.4, 0.5) is 0 Å². The van der Waals surface area contributed by atoms with E-state index in [-0.39, 0.29) is 24.3 Å². The van der Waals surface area contributed by atoms with Crippen LogP contribution in [-0.4, -0.2) is 99.7 Å². The molecule has 0 unspecified atom stereocenters. The highest BCUT2D eigenvalue weighted by Gasteiger charge is 2.19. The van der Waals surface area contributed by atoms with Gasteiger partial charge < -0.3 is 46.7 Å². The molecule has 0 saturated heterocycles. The van der Waals surface area contributed by atoms with Crippen molar-refractivity contribution in [2.24, 2.45) is 17.2 Å². The van der Waals surface area contributed by atoms with Crippen LogP contribution in [0.3, 0.4) is 0 Å². The lowest BCUT2D eigenvalue weighted by Gasteiger charge is -2.10. The number of aliphatic hydroxyl groups excluding tert-OH is 2. The molecule has 0 aliphatic rings. The van der Waals surface area contributed by atoms with E-state index in [9.17, 15) is 14.7 Å². The second-order valence-corrected chi connectivity index (χ2v) is 22.0. The van der Waals surface area contributed by atoms with E-state index in [0.29, 0.717) is 45.4 Å². The summed E-state index contributed by atoms with van der Waals surface area (Å²) in [6.45, 7) is 14.4. The molecule has 0 amide bonds. The van der Waals surface area contributed by atoms with Gasteiger partial charge in [0.25, 0.3) is 0 Å². The predicted octanol–water partition coefficient (Wildman–Crippen LogP) is 17.6. The minimum Gasteiger partial charge on any atom is -0.478 e. The third-order valence-electron chi connectivity index (χ3n) is 14.2. The molecule has 0 aliphatic heterocycles. The average Bonchev–Trinajstić information content (AvgIpc) is 3.63. The maximum absolute atomic E-state index is 12.2. The number of carbonyl (C=O) groups is 2. The Bertz CT molecular complexity index is 1450. The third kappa shape index (κ3) is 66.2. The Morgan fingerprint density at radius 3 is 0.952 bits per heavy atom. The van der Waals surface area contributed by atoms with E-state index in [1.165, 1.54) is 256 Å². The van der Waals surface area contributed by atoms with Crippen molar-refractivity contribution in [3.63, 3.8) is 0 Å². The van der Waals surface area contributed by atoms with Gasteiger partial charge in [-0.15, -0.1) is 0 Å². The SMILES string of the molecule is CCCCCCCCCCCCCN.CCCCCCCCCCCCCN.CCCCCCCCCCCCCN.CCCCCCCCCc1ccccc1OOC(=O)c1ccccc1C(=O)O.OCCOCCOCCOCCO. The number of benzene rings is 2. The van der Waals surface area contributed by atoms with Gasteiger partial charge in [0.15, 0.2) is 5.75 Å². The van der Waals surface area contributed by atoms with Crippen LogP contribution in [0.5, 0.6) is 5.75 Å². The number of hydrogen-bond acceptors (Lipinski definition) is 12. The zero-order valence-electron chi connectivity index (χ0n) is 54.3. The standard InChI is InChI=1S/C23H28O5.3C13H29N.C8H18O5/c1-2-3-4-5-6-7-8-13-18-14-9-12-17-21(18)27-28-23(26)20-16-11-10-15-19(20)22(24)25;3*1-2-3-4-5-6-7-8-9-10-11-12-13-14;9-1-3-11-5-7-13-8-6-12-4-2-10/h9-12,14-17H,2-8,13H2,1H3,(H,24,25);3*2-14H2,1H3;9-10H,1-8H2. The van der Waals surface area contributed by atoms with Gasteiger partial charge in [-0.3, -0.25) is 4.89 Å². The summed E-state index contributed by atoms with van der Waals surface area (Å²) in [5.41, 5.74) is 17.1. The first-order valence-electron chi connectivity index (χ1n) is 34.1. The van der Waals surface area contributed by atoms with Gasteiger partial charge in [-0.2, -0.15) is 0 Å².